The normalized spacial score (nSPS) is 11.7. The Kier molecular flexibility index (Phi) is 7.50. The molecule has 0 atom stereocenters. The molecule has 4 heteroatoms. The standard InChI is InChI=1S/C55H33N3O/c1-3-14-37(15-4-1)53-56-54(38-16-5-2-6-17-38)58-55(57-53)47-21-11-20-46-50-33-42(39-28-29-45-40(30-39)26-24-34-12-7-9-18-43(34)45)32-49(52(50)59-51(46)47)41-27-25-36-23-22-35-13-8-10-19-44(35)48(36)31-41/h1-33H. The monoisotopic (exact) mass is 751 g/mol. The smallest absolute Gasteiger partial charge is 0.167 e. The van der Waals surface area contributed by atoms with Crippen molar-refractivity contribution in [1.82, 2.24) is 15.0 Å². The van der Waals surface area contributed by atoms with E-state index in [1.54, 1.807) is 0 Å². The third kappa shape index (κ3) is 5.57. The Balaban J connectivity index is 1.12. The molecule has 0 aliphatic heterocycles. The van der Waals surface area contributed by atoms with Crippen molar-refractivity contribution in [2.45, 2.75) is 0 Å². The van der Waals surface area contributed by atoms with Crippen LogP contribution in [0.5, 0.6) is 0 Å². The highest BCUT2D eigenvalue weighted by atomic mass is 16.3. The summed E-state index contributed by atoms with van der Waals surface area (Å²) in [5.41, 5.74) is 8.59. The minimum Gasteiger partial charge on any atom is -0.455 e. The van der Waals surface area contributed by atoms with E-state index in [9.17, 15) is 0 Å². The minimum atomic E-state index is 0.558. The van der Waals surface area contributed by atoms with Crippen LogP contribution < -0.4 is 0 Å². The number of hydrogen-bond donors (Lipinski definition) is 0. The van der Waals surface area contributed by atoms with Gasteiger partial charge < -0.3 is 4.42 Å². The Morgan fingerprint density at radius 2 is 0.763 bits per heavy atom. The Morgan fingerprint density at radius 3 is 1.47 bits per heavy atom. The van der Waals surface area contributed by atoms with Crippen LogP contribution in [0.25, 0.3) is 121 Å². The molecule has 0 N–H and O–H groups in total. The van der Waals surface area contributed by atoms with Gasteiger partial charge in [0.15, 0.2) is 17.5 Å². The molecular formula is C55H33N3O. The number of hydrogen-bond acceptors (Lipinski definition) is 4. The van der Waals surface area contributed by atoms with Gasteiger partial charge in [-0.25, -0.2) is 15.0 Å². The molecule has 0 aliphatic rings. The molecule has 0 bridgehead atoms. The van der Waals surface area contributed by atoms with Crippen LogP contribution in [0.3, 0.4) is 0 Å². The molecule has 0 fully saturated rings. The fourth-order valence-electron chi connectivity index (χ4n) is 8.75. The zero-order chi connectivity index (χ0) is 38.9. The Hall–Kier alpha value is -7.95. The van der Waals surface area contributed by atoms with Crippen LogP contribution in [-0.4, -0.2) is 15.0 Å². The average molecular weight is 752 g/mol. The fourth-order valence-corrected chi connectivity index (χ4v) is 8.75. The second-order valence-electron chi connectivity index (χ2n) is 15.2. The van der Waals surface area contributed by atoms with Crippen LogP contribution in [0.4, 0.5) is 0 Å². The maximum absolute atomic E-state index is 7.12. The molecule has 0 saturated heterocycles. The van der Waals surface area contributed by atoms with Crippen molar-refractivity contribution in [2.24, 2.45) is 0 Å². The second-order valence-corrected chi connectivity index (χ2v) is 15.2. The molecule has 0 saturated carbocycles. The SMILES string of the molecule is c1ccc(-c2nc(-c3ccccc3)nc(-c3cccc4c3oc3c(-c5ccc6ccc7ccccc7c6c5)cc(-c5ccc6c(ccc7ccccc76)c5)cc34)n2)cc1. The summed E-state index contributed by atoms with van der Waals surface area (Å²) in [5, 5.41) is 11.8. The summed E-state index contributed by atoms with van der Waals surface area (Å²) >= 11 is 0. The molecule has 10 aromatic carbocycles. The molecule has 0 radical (unpaired) electrons. The molecule has 274 valence electrons. The van der Waals surface area contributed by atoms with E-state index in [0.29, 0.717) is 17.5 Å². The highest BCUT2D eigenvalue weighted by Crippen LogP contribution is 2.44. The van der Waals surface area contributed by atoms with Gasteiger partial charge >= 0.3 is 0 Å². The number of furan rings is 1. The highest BCUT2D eigenvalue weighted by Gasteiger charge is 2.21. The van der Waals surface area contributed by atoms with Gasteiger partial charge in [-0.15, -0.1) is 0 Å². The van der Waals surface area contributed by atoms with Crippen LogP contribution in [-0.2, 0) is 0 Å². The number of nitrogens with zero attached hydrogens (tertiary/aromatic N) is 3. The Morgan fingerprint density at radius 1 is 0.254 bits per heavy atom. The Bertz CT molecular complexity index is 3550. The van der Waals surface area contributed by atoms with Gasteiger partial charge in [0.05, 0.1) is 5.56 Å². The van der Waals surface area contributed by atoms with Gasteiger partial charge in [0, 0.05) is 27.5 Å². The third-order valence-electron chi connectivity index (χ3n) is 11.7. The van der Waals surface area contributed by atoms with Gasteiger partial charge in [-0.05, 0) is 90.1 Å². The topological polar surface area (TPSA) is 51.8 Å². The maximum atomic E-state index is 7.12. The zero-order valence-electron chi connectivity index (χ0n) is 31.8. The van der Waals surface area contributed by atoms with Crippen molar-refractivity contribution >= 4 is 65.0 Å². The molecule has 0 spiro atoms. The first-order valence-electron chi connectivity index (χ1n) is 19.9. The van der Waals surface area contributed by atoms with Crippen molar-refractivity contribution < 1.29 is 4.42 Å². The zero-order valence-corrected chi connectivity index (χ0v) is 31.8. The van der Waals surface area contributed by atoms with Gasteiger partial charge in [-0.1, -0.05) is 170 Å². The van der Waals surface area contributed by atoms with Gasteiger partial charge in [-0.2, -0.15) is 0 Å². The lowest BCUT2D eigenvalue weighted by Gasteiger charge is -2.11. The van der Waals surface area contributed by atoms with Crippen LogP contribution in [0.2, 0.25) is 0 Å². The largest absolute Gasteiger partial charge is 0.455 e. The average Bonchev–Trinajstić information content (AvgIpc) is 3.70. The second kappa shape index (κ2) is 13.3. The molecule has 12 aromatic rings. The number of aromatic nitrogens is 3. The van der Waals surface area contributed by atoms with E-state index >= 15 is 0 Å². The van der Waals surface area contributed by atoms with E-state index in [2.05, 4.69) is 140 Å². The van der Waals surface area contributed by atoms with Crippen molar-refractivity contribution in [2.75, 3.05) is 0 Å². The van der Waals surface area contributed by atoms with E-state index < -0.39 is 0 Å². The quantitative estimate of drug-likeness (QED) is 0.164. The molecule has 12 rings (SSSR count). The lowest BCUT2D eigenvalue weighted by atomic mass is 9.92. The van der Waals surface area contributed by atoms with Crippen LogP contribution in [0.1, 0.15) is 0 Å². The maximum Gasteiger partial charge on any atom is 0.167 e. The highest BCUT2D eigenvalue weighted by molar-refractivity contribution is 6.16. The molecule has 2 heterocycles. The summed E-state index contributed by atoms with van der Waals surface area (Å²) in [6, 6.07) is 70.7. The van der Waals surface area contributed by atoms with Gasteiger partial charge in [-0.3, -0.25) is 0 Å². The molecule has 2 aromatic heterocycles. The summed E-state index contributed by atoms with van der Waals surface area (Å²) in [5.74, 6) is 1.78. The predicted octanol–water partition coefficient (Wildman–Crippen LogP) is 14.7. The van der Waals surface area contributed by atoms with E-state index in [4.69, 9.17) is 19.4 Å². The third-order valence-corrected chi connectivity index (χ3v) is 11.7. The van der Waals surface area contributed by atoms with Crippen LogP contribution in [0, 0.1) is 0 Å². The van der Waals surface area contributed by atoms with Gasteiger partial charge in [0.2, 0.25) is 0 Å². The first-order valence-corrected chi connectivity index (χ1v) is 19.9. The first-order chi connectivity index (χ1) is 29.2. The minimum absolute atomic E-state index is 0.558. The lowest BCUT2D eigenvalue weighted by molar-refractivity contribution is 0.670. The van der Waals surface area contributed by atoms with Crippen LogP contribution >= 0.6 is 0 Å². The van der Waals surface area contributed by atoms with Crippen molar-refractivity contribution in [3.63, 3.8) is 0 Å². The molecule has 0 aliphatic carbocycles. The summed E-state index contributed by atoms with van der Waals surface area (Å²) < 4.78 is 7.12. The van der Waals surface area contributed by atoms with E-state index in [-0.39, 0.29) is 0 Å². The summed E-state index contributed by atoms with van der Waals surface area (Å²) in [4.78, 5) is 15.1. The number of rotatable bonds is 5. The number of para-hydroxylation sites is 1. The van der Waals surface area contributed by atoms with Gasteiger partial charge in [0.1, 0.15) is 11.2 Å². The van der Waals surface area contributed by atoms with Crippen molar-refractivity contribution in [1.29, 1.82) is 0 Å². The predicted molar refractivity (Wildman–Crippen MR) is 244 cm³/mol. The molecule has 4 nitrogen and oxygen atoms in total. The van der Waals surface area contributed by atoms with Crippen molar-refractivity contribution in [3.05, 3.63) is 200 Å². The summed E-state index contributed by atoms with van der Waals surface area (Å²) in [6.07, 6.45) is 0. The Labute approximate surface area is 339 Å². The fraction of sp³-hybridized carbons (Fsp3) is 0. The van der Waals surface area contributed by atoms with E-state index in [1.807, 2.05) is 60.7 Å². The van der Waals surface area contributed by atoms with E-state index in [0.717, 1.165) is 60.9 Å². The first kappa shape index (κ1) is 33.2. The lowest BCUT2D eigenvalue weighted by Crippen LogP contribution is -2.00. The van der Waals surface area contributed by atoms with E-state index in [1.165, 1.54) is 43.1 Å². The molecule has 59 heavy (non-hydrogen) atoms. The number of fused-ring (bicyclic) bond motifs is 9. The number of benzene rings is 10. The molecule has 0 amide bonds. The van der Waals surface area contributed by atoms with Gasteiger partial charge in [0.25, 0.3) is 0 Å². The summed E-state index contributed by atoms with van der Waals surface area (Å²) in [6.45, 7) is 0. The van der Waals surface area contributed by atoms with Crippen molar-refractivity contribution in [3.8, 4) is 56.4 Å². The van der Waals surface area contributed by atoms with Crippen LogP contribution in [0.15, 0.2) is 205 Å². The molecule has 0 unspecified atom stereocenters. The molecular weight excluding hydrogens is 719 g/mol. The summed E-state index contributed by atoms with van der Waals surface area (Å²) in [7, 11) is 0.